The van der Waals surface area contributed by atoms with Crippen LogP contribution in [0.2, 0.25) is 0 Å². The number of halogens is 1. The van der Waals surface area contributed by atoms with Crippen LogP contribution >= 0.6 is 0 Å². The fourth-order valence-corrected chi connectivity index (χ4v) is 5.25. The molecule has 1 saturated heterocycles. The highest BCUT2D eigenvalue weighted by Gasteiger charge is 2.64. The Kier molecular flexibility index (Phi) is 4.79. The number of anilines is 1. The largest absolute Gasteiger partial charge is 0.324 e. The van der Waals surface area contributed by atoms with E-state index in [1.165, 1.54) is 36.5 Å². The Morgan fingerprint density at radius 1 is 1.21 bits per heavy atom. The molecule has 8 nitrogen and oxygen atoms in total. The smallest absolute Gasteiger partial charge is 0.269 e. The highest BCUT2D eigenvalue weighted by molar-refractivity contribution is 6.11. The number of likely N-dealkylation sites (N-methyl/N-ethyl adjacent to an activating group) is 1. The Morgan fingerprint density at radius 2 is 2.03 bits per heavy atom. The van der Waals surface area contributed by atoms with Gasteiger partial charge in [-0.1, -0.05) is 18.2 Å². The highest BCUT2D eigenvalue weighted by Crippen LogP contribution is 2.55. The van der Waals surface area contributed by atoms with E-state index in [1.807, 2.05) is 0 Å². The van der Waals surface area contributed by atoms with Crippen LogP contribution in [0.3, 0.4) is 0 Å². The molecular weight excluding hydrogens is 427 g/mol. The van der Waals surface area contributed by atoms with Crippen molar-refractivity contribution in [2.45, 2.75) is 11.5 Å². The van der Waals surface area contributed by atoms with Gasteiger partial charge in [-0.25, -0.2) is 4.39 Å². The van der Waals surface area contributed by atoms with Crippen molar-refractivity contribution in [3.8, 4) is 0 Å². The number of hydrogen-bond acceptors (Lipinski definition) is 6. The number of nitrogens with one attached hydrogen (secondary N) is 1. The summed E-state index contributed by atoms with van der Waals surface area (Å²) in [6.45, 7) is 0.258. The zero-order chi connectivity index (χ0) is 23.3. The topological polar surface area (TPSA) is 105 Å². The lowest BCUT2D eigenvalue weighted by atomic mass is 9.71. The molecule has 1 spiro atoms. The van der Waals surface area contributed by atoms with E-state index in [0.29, 0.717) is 16.8 Å². The summed E-state index contributed by atoms with van der Waals surface area (Å²) in [4.78, 5) is 44.2. The zero-order valence-electron chi connectivity index (χ0n) is 17.6. The minimum Gasteiger partial charge on any atom is -0.324 e. The van der Waals surface area contributed by atoms with Crippen molar-refractivity contribution in [3.05, 3.63) is 99.6 Å². The van der Waals surface area contributed by atoms with E-state index in [9.17, 15) is 24.1 Å². The first-order valence-corrected chi connectivity index (χ1v) is 10.4. The van der Waals surface area contributed by atoms with Crippen molar-refractivity contribution < 1.29 is 18.9 Å². The van der Waals surface area contributed by atoms with Gasteiger partial charge in [0.15, 0.2) is 5.78 Å². The molecule has 0 bridgehead atoms. The summed E-state index contributed by atoms with van der Waals surface area (Å²) in [7, 11) is 1.70. The number of benzene rings is 2. The maximum atomic E-state index is 14.3. The number of aromatic nitrogens is 1. The molecule has 1 fully saturated rings. The second-order valence-corrected chi connectivity index (χ2v) is 8.31. The maximum Gasteiger partial charge on any atom is 0.269 e. The fraction of sp³-hybridized carbons (Fsp3) is 0.208. The minimum absolute atomic E-state index is 0.109. The molecule has 0 aliphatic carbocycles. The third-order valence-corrected chi connectivity index (χ3v) is 6.62. The number of carbonyl (C=O) groups excluding carboxylic acids is 2. The maximum absolute atomic E-state index is 14.3. The number of hydrogen-bond donors (Lipinski definition) is 1. The van der Waals surface area contributed by atoms with Crippen molar-refractivity contribution in [1.29, 1.82) is 0 Å². The quantitative estimate of drug-likeness (QED) is 0.374. The van der Waals surface area contributed by atoms with Gasteiger partial charge in [-0.2, -0.15) is 0 Å². The van der Waals surface area contributed by atoms with Crippen LogP contribution in [0.1, 0.15) is 27.5 Å². The number of nitrogens with zero attached hydrogens (tertiary/aromatic N) is 3. The third-order valence-electron chi connectivity index (χ3n) is 6.62. The molecule has 0 radical (unpaired) electrons. The van der Waals surface area contributed by atoms with Gasteiger partial charge in [-0.05, 0) is 42.9 Å². The number of rotatable bonds is 4. The van der Waals surface area contributed by atoms with Crippen LogP contribution in [0.25, 0.3) is 0 Å². The summed E-state index contributed by atoms with van der Waals surface area (Å²) in [5, 5.41) is 14.2. The molecule has 1 N–H and O–H groups in total. The average Bonchev–Trinajstić information content (AvgIpc) is 3.29. The van der Waals surface area contributed by atoms with Gasteiger partial charge in [-0.15, -0.1) is 0 Å². The van der Waals surface area contributed by atoms with Gasteiger partial charge >= 0.3 is 0 Å². The van der Waals surface area contributed by atoms with Crippen molar-refractivity contribution in [2.75, 3.05) is 18.9 Å². The van der Waals surface area contributed by atoms with Crippen LogP contribution in [0.4, 0.5) is 15.8 Å². The summed E-state index contributed by atoms with van der Waals surface area (Å²) < 4.78 is 14.3. The predicted octanol–water partition coefficient (Wildman–Crippen LogP) is 3.50. The Morgan fingerprint density at radius 3 is 2.76 bits per heavy atom. The first kappa shape index (κ1) is 20.9. The van der Waals surface area contributed by atoms with Gasteiger partial charge in [0.25, 0.3) is 5.69 Å². The summed E-state index contributed by atoms with van der Waals surface area (Å²) in [5.41, 5.74) is -0.0574. The van der Waals surface area contributed by atoms with Gasteiger partial charge in [0.1, 0.15) is 17.1 Å². The van der Waals surface area contributed by atoms with Gasteiger partial charge < -0.3 is 5.32 Å². The van der Waals surface area contributed by atoms with Gasteiger partial charge in [-0.3, -0.25) is 29.6 Å². The van der Waals surface area contributed by atoms with Crippen molar-refractivity contribution in [3.63, 3.8) is 0 Å². The van der Waals surface area contributed by atoms with Crippen LogP contribution in [-0.2, 0) is 10.3 Å². The van der Waals surface area contributed by atoms with E-state index >= 15 is 0 Å². The first-order valence-electron chi connectivity index (χ1n) is 10.4. The van der Waals surface area contributed by atoms with Gasteiger partial charge in [0.2, 0.25) is 5.91 Å². The molecule has 1 unspecified atom stereocenters. The molecule has 33 heavy (non-hydrogen) atoms. The van der Waals surface area contributed by atoms with Crippen LogP contribution in [0.15, 0.2) is 66.9 Å². The highest BCUT2D eigenvalue weighted by atomic mass is 19.1. The summed E-state index contributed by atoms with van der Waals surface area (Å²) >= 11 is 0. The third kappa shape index (κ3) is 3.04. The van der Waals surface area contributed by atoms with Crippen LogP contribution in [0, 0.1) is 21.8 Å². The lowest BCUT2D eigenvalue weighted by Gasteiger charge is -2.35. The molecule has 9 heteroatoms. The van der Waals surface area contributed by atoms with Crippen LogP contribution in [0.5, 0.6) is 0 Å². The number of pyridine rings is 1. The lowest BCUT2D eigenvalue weighted by molar-refractivity contribution is -0.384. The minimum atomic E-state index is -1.48. The van der Waals surface area contributed by atoms with Crippen molar-refractivity contribution >= 4 is 23.1 Å². The lowest BCUT2D eigenvalue weighted by Crippen LogP contribution is -2.51. The Labute approximate surface area is 188 Å². The van der Waals surface area contributed by atoms with E-state index in [-0.39, 0.29) is 23.7 Å². The molecule has 2 aliphatic heterocycles. The standard InChI is InChI=1S/C24H19FN4O4/c1-28-13-17(14-5-4-6-16(11-14)29(32)33)21(22(30)20-7-2-3-10-26-20)24(28)18-12-15(25)8-9-19(18)27-23(24)31/h2-12,17,21H,13H2,1H3,(H,27,31)/t17-,21?,24-/m1/s1. The summed E-state index contributed by atoms with van der Waals surface area (Å²) in [6, 6.07) is 15.0. The monoisotopic (exact) mass is 446 g/mol. The van der Waals surface area contributed by atoms with Gasteiger partial charge in [0, 0.05) is 42.0 Å². The molecule has 1 amide bonds. The Balaban J connectivity index is 1.74. The van der Waals surface area contributed by atoms with E-state index in [2.05, 4.69) is 10.3 Å². The molecule has 166 valence electrons. The Bertz CT molecular complexity index is 1300. The number of Topliss-reactive ketones (excluding diaryl/α,β-unsaturated/α-hetero) is 1. The molecular formula is C24H19FN4O4. The molecule has 2 aliphatic rings. The number of nitro groups is 1. The van der Waals surface area contributed by atoms with E-state index in [4.69, 9.17) is 0 Å². The molecule has 3 aromatic rings. The molecule has 2 aromatic carbocycles. The molecule has 1 aromatic heterocycles. The number of likely N-dealkylation sites (tertiary alicyclic amines) is 1. The SMILES string of the molecule is CN1C[C@H](c2cccc([N+](=O)[O-])c2)C(C(=O)c2ccccn2)[C@]12C(=O)Nc1ccc(F)cc12. The first-order chi connectivity index (χ1) is 15.8. The molecule has 5 rings (SSSR count). The summed E-state index contributed by atoms with van der Waals surface area (Å²) in [5.74, 6) is -2.90. The van der Waals surface area contributed by atoms with Crippen LogP contribution in [-0.4, -0.2) is 40.1 Å². The molecule has 3 heterocycles. The average molecular weight is 446 g/mol. The number of amides is 1. The fourth-order valence-electron chi connectivity index (χ4n) is 5.25. The second-order valence-electron chi connectivity index (χ2n) is 8.31. The van der Waals surface area contributed by atoms with Crippen LogP contribution < -0.4 is 5.32 Å². The normalized spacial score (nSPS) is 24.0. The molecule has 0 saturated carbocycles. The summed E-state index contributed by atoms with van der Waals surface area (Å²) in [6.07, 6.45) is 1.49. The number of carbonyl (C=O) groups is 2. The second kappa shape index (κ2) is 7.56. The van der Waals surface area contributed by atoms with Crippen molar-refractivity contribution in [1.82, 2.24) is 9.88 Å². The number of non-ortho nitro benzene ring substituents is 1. The number of nitro benzene ring substituents is 1. The van der Waals surface area contributed by atoms with Gasteiger partial charge in [0.05, 0.1) is 10.8 Å². The zero-order valence-corrected chi connectivity index (χ0v) is 17.6. The van der Waals surface area contributed by atoms with E-state index < -0.39 is 34.0 Å². The predicted molar refractivity (Wildman–Crippen MR) is 117 cm³/mol. The van der Waals surface area contributed by atoms with E-state index in [1.54, 1.807) is 42.3 Å². The molecule has 3 atom stereocenters. The van der Waals surface area contributed by atoms with Crippen molar-refractivity contribution in [2.24, 2.45) is 5.92 Å². The Hall–Kier alpha value is -3.98. The number of fused-ring (bicyclic) bond motifs is 2. The number of ketones is 1. The van der Waals surface area contributed by atoms with E-state index in [0.717, 1.165) is 0 Å².